The van der Waals surface area contributed by atoms with Crippen molar-refractivity contribution >= 4 is 11.6 Å². The molecule has 1 aliphatic carbocycles. The molecule has 88 valence electrons. The van der Waals surface area contributed by atoms with E-state index in [1.54, 1.807) is 0 Å². The molecule has 1 aliphatic rings. The molecule has 5 heteroatoms. The highest BCUT2D eigenvalue weighted by atomic mass is 19.1. The van der Waals surface area contributed by atoms with Crippen LogP contribution < -0.4 is 0 Å². The van der Waals surface area contributed by atoms with Crippen molar-refractivity contribution in [3.05, 3.63) is 64.5 Å². The third kappa shape index (κ3) is 1.24. The first-order valence-corrected chi connectivity index (χ1v) is 5.12. The first-order valence-electron chi connectivity index (χ1n) is 5.12. The van der Waals surface area contributed by atoms with Gasteiger partial charge in [-0.1, -0.05) is 0 Å². The lowest BCUT2D eigenvalue weighted by molar-refractivity contribution is 0.0972. The van der Waals surface area contributed by atoms with Crippen LogP contribution in [0, 0.1) is 11.6 Å². The van der Waals surface area contributed by atoms with Crippen molar-refractivity contribution in [1.29, 1.82) is 0 Å². The molecular weight excluding hydrogens is 240 g/mol. The van der Waals surface area contributed by atoms with E-state index in [4.69, 9.17) is 0 Å². The summed E-state index contributed by atoms with van der Waals surface area (Å²) in [5.74, 6) is -3.21. The van der Waals surface area contributed by atoms with E-state index in [0.29, 0.717) is 0 Å². The Labute approximate surface area is 100 Å². The average Bonchev–Trinajstić information content (AvgIpc) is 2.38. The maximum absolute atomic E-state index is 13.6. The molecule has 0 fully saturated rings. The molecule has 1 aromatic heterocycles. The minimum Gasteiger partial charge on any atom is -0.288 e. The SMILES string of the molecule is O=C1c2ccncc2C(=O)c2c(F)ccc(F)c21. The number of halogens is 2. The van der Waals surface area contributed by atoms with Crippen molar-refractivity contribution in [3.63, 3.8) is 0 Å². The van der Waals surface area contributed by atoms with Gasteiger partial charge in [-0.3, -0.25) is 14.6 Å². The Hall–Kier alpha value is -2.43. The second-order valence-corrected chi connectivity index (χ2v) is 3.86. The van der Waals surface area contributed by atoms with Crippen LogP contribution in [0.2, 0.25) is 0 Å². The quantitative estimate of drug-likeness (QED) is 0.609. The van der Waals surface area contributed by atoms with E-state index in [2.05, 4.69) is 4.98 Å². The fourth-order valence-corrected chi connectivity index (χ4v) is 2.04. The van der Waals surface area contributed by atoms with Gasteiger partial charge in [0.2, 0.25) is 0 Å². The molecule has 0 amide bonds. The molecule has 0 aliphatic heterocycles. The smallest absolute Gasteiger partial charge is 0.199 e. The summed E-state index contributed by atoms with van der Waals surface area (Å²) in [6, 6.07) is 3.00. The molecule has 0 spiro atoms. The largest absolute Gasteiger partial charge is 0.288 e. The van der Waals surface area contributed by atoms with E-state index < -0.39 is 34.3 Å². The van der Waals surface area contributed by atoms with Crippen molar-refractivity contribution in [2.24, 2.45) is 0 Å². The summed E-state index contributed by atoms with van der Waals surface area (Å²) in [5, 5.41) is 0. The van der Waals surface area contributed by atoms with Gasteiger partial charge in [-0.05, 0) is 18.2 Å². The Kier molecular flexibility index (Phi) is 2.10. The van der Waals surface area contributed by atoms with Gasteiger partial charge in [0, 0.05) is 18.0 Å². The Morgan fingerprint density at radius 2 is 1.39 bits per heavy atom. The van der Waals surface area contributed by atoms with Crippen LogP contribution in [0.5, 0.6) is 0 Å². The number of carbonyl (C=O) groups is 2. The van der Waals surface area contributed by atoms with Crippen molar-refractivity contribution in [1.82, 2.24) is 4.98 Å². The number of fused-ring (bicyclic) bond motifs is 2. The standard InChI is InChI=1S/C13H5F2NO2/c14-8-1-2-9(15)11-10(8)12(17)6-3-4-16-5-7(6)13(11)18/h1-5H. The molecule has 18 heavy (non-hydrogen) atoms. The molecule has 3 nitrogen and oxygen atoms in total. The van der Waals surface area contributed by atoms with Gasteiger partial charge in [0.1, 0.15) is 11.6 Å². The zero-order chi connectivity index (χ0) is 12.9. The van der Waals surface area contributed by atoms with Gasteiger partial charge in [0.25, 0.3) is 0 Å². The first-order chi connectivity index (χ1) is 8.61. The van der Waals surface area contributed by atoms with E-state index >= 15 is 0 Å². The number of ketones is 2. The number of nitrogens with zero attached hydrogens (tertiary/aromatic N) is 1. The monoisotopic (exact) mass is 245 g/mol. The molecule has 2 aromatic rings. The average molecular weight is 245 g/mol. The van der Waals surface area contributed by atoms with Crippen molar-refractivity contribution in [2.75, 3.05) is 0 Å². The van der Waals surface area contributed by atoms with Crippen LogP contribution in [0.1, 0.15) is 31.8 Å². The van der Waals surface area contributed by atoms with Gasteiger partial charge in [0.05, 0.1) is 16.7 Å². The predicted octanol–water partition coefficient (Wildman–Crippen LogP) is 2.14. The molecule has 1 heterocycles. The first kappa shape index (κ1) is 10.7. The molecule has 0 bridgehead atoms. The van der Waals surface area contributed by atoms with E-state index in [-0.39, 0.29) is 11.1 Å². The molecule has 0 saturated carbocycles. The summed E-state index contributed by atoms with van der Waals surface area (Å²) in [6.45, 7) is 0. The summed E-state index contributed by atoms with van der Waals surface area (Å²) >= 11 is 0. The maximum Gasteiger partial charge on any atom is 0.199 e. The zero-order valence-corrected chi connectivity index (χ0v) is 8.91. The number of hydrogen-bond donors (Lipinski definition) is 0. The van der Waals surface area contributed by atoms with E-state index in [1.807, 2.05) is 0 Å². The topological polar surface area (TPSA) is 47.0 Å². The number of rotatable bonds is 0. The molecule has 0 N–H and O–H groups in total. The second-order valence-electron chi connectivity index (χ2n) is 3.86. The number of carbonyl (C=O) groups excluding carboxylic acids is 2. The Balaban J connectivity index is 2.41. The Morgan fingerprint density at radius 3 is 2.00 bits per heavy atom. The summed E-state index contributed by atoms with van der Waals surface area (Å²) in [5.41, 5.74) is -0.967. The van der Waals surface area contributed by atoms with Crippen molar-refractivity contribution in [2.45, 2.75) is 0 Å². The summed E-state index contributed by atoms with van der Waals surface area (Å²) in [4.78, 5) is 27.8. The fourth-order valence-electron chi connectivity index (χ4n) is 2.04. The third-order valence-electron chi connectivity index (χ3n) is 2.87. The minimum absolute atomic E-state index is 0.000463. The van der Waals surface area contributed by atoms with Gasteiger partial charge in [0.15, 0.2) is 11.6 Å². The van der Waals surface area contributed by atoms with Crippen LogP contribution >= 0.6 is 0 Å². The highest BCUT2D eigenvalue weighted by molar-refractivity contribution is 6.28. The zero-order valence-electron chi connectivity index (χ0n) is 8.91. The Bertz CT molecular complexity index is 650. The van der Waals surface area contributed by atoms with Gasteiger partial charge in [-0.25, -0.2) is 8.78 Å². The van der Waals surface area contributed by atoms with E-state index in [1.165, 1.54) is 18.5 Å². The molecule has 0 atom stereocenters. The highest BCUT2D eigenvalue weighted by Gasteiger charge is 2.34. The predicted molar refractivity (Wildman–Crippen MR) is 57.5 cm³/mol. The van der Waals surface area contributed by atoms with Gasteiger partial charge in [-0.2, -0.15) is 0 Å². The second kappa shape index (κ2) is 3.53. The lowest BCUT2D eigenvalue weighted by atomic mass is 9.84. The molecule has 1 aromatic carbocycles. The summed E-state index contributed by atoms with van der Waals surface area (Å²) in [7, 11) is 0. The molecular formula is C13H5F2NO2. The third-order valence-corrected chi connectivity index (χ3v) is 2.87. The number of aromatic nitrogens is 1. The van der Waals surface area contributed by atoms with E-state index in [0.717, 1.165) is 12.1 Å². The number of pyridine rings is 1. The van der Waals surface area contributed by atoms with E-state index in [9.17, 15) is 18.4 Å². The van der Waals surface area contributed by atoms with Crippen LogP contribution in [0.25, 0.3) is 0 Å². The van der Waals surface area contributed by atoms with Crippen LogP contribution in [0.4, 0.5) is 8.78 Å². The van der Waals surface area contributed by atoms with Crippen LogP contribution in [-0.2, 0) is 0 Å². The van der Waals surface area contributed by atoms with Crippen molar-refractivity contribution in [3.8, 4) is 0 Å². The van der Waals surface area contributed by atoms with Gasteiger partial charge < -0.3 is 0 Å². The number of hydrogen-bond acceptors (Lipinski definition) is 3. The highest BCUT2D eigenvalue weighted by Crippen LogP contribution is 2.29. The molecule has 0 radical (unpaired) electrons. The summed E-state index contributed by atoms with van der Waals surface area (Å²) < 4.78 is 27.2. The van der Waals surface area contributed by atoms with Gasteiger partial charge >= 0.3 is 0 Å². The molecule has 0 unspecified atom stereocenters. The van der Waals surface area contributed by atoms with Crippen LogP contribution in [-0.4, -0.2) is 16.6 Å². The fraction of sp³-hybridized carbons (Fsp3) is 0. The van der Waals surface area contributed by atoms with Crippen LogP contribution in [0.15, 0.2) is 30.6 Å². The maximum atomic E-state index is 13.6. The Morgan fingerprint density at radius 1 is 0.833 bits per heavy atom. The normalized spacial score (nSPS) is 13.2. The van der Waals surface area contributed by atoms with Crippen molar-refractivity contribution < 1.29 is 18.4 Å². The molecule has 0 saturated heterocycles. The summed E-state index contributed by atoms with van der Waals surface area (Å²) in [6.07, 6.45) is 2.51. The number of benzene rings is 1. The molecule has 3 rings (SSSR count). The van der Waals surface area contributed by atoms with Gasteiger partial charge in [-0.15, -0.1) is 0 Å². The lowest BCUT2D eigenvalue weighted by Crippen LogP contribution is -2.24. The minimum atomic E-state index is -0.903. The van der Waals surface area contributed by atoms with Crippen LogP contribution in [0.3, 0.4) is 0 Å². The lowest BCUT2D eigenvalue weighted by Gasteiger charge is -2.17.